The predicted octanol–water partition coefficient (Wildman–Crippen LogP) is 3.36. The summed E-state index contributed by atoms with van der Waals surface area (Å²) in [6.07, 6.45) is 1.62. The number of carbonyl (C=O) groups excluding carboxylic acids is 1. The van der Waals surface area contributed by atoms with Crippen molar-refractivity contribution in [3.05, 3.63) is 59.7 Å². The highest BCUT2D eigenvalue weighted by Crippen LogP contribution is 2.31. The standard InChI is InChI=1S/C21H25NO5/c1-26-18-12-11-16(13-19(18)27-2)17(14-21(24)25)22-20(23)10-6-9-15-7-4-3-5-8-15/h3-5,7-8,11-13,17H,6,9-10,14H2,1-2H3,(H,22,23)(H,24,25). The summed E-state index contributed by atoms with van der Waals surface area (Å²) in [5.74, 6) is -0.125. The molecule has 2 aromatic rings. The van der Waals surface area contributed by atoms with Gasteiger partial charge in [-0.05, 0) is 36.1 Å². The van der Waals surface area contributed by atoms with Gasteiger partial charge in [0.1, 0.15) is 0 Å². The molecule has 2 N–H and O–H groups in total. The van der Waals surface area contributed by atoms with Gasteiger partial charge in [-0.3, -0.25) is 9.59 Å². The highest BCUT2D eigenvalue weighted by molar-refractivity contribution is 5.77. The molecule has 1 amide bonds. The fourth-order valence-corrected chi connectivity index (χ4v) is 2.86. The molecule has 0 bridgehead atoms. The maximum atomic E-state index is 12.3. The molecular weight excluding hydrogens is 346 g/mol. The van der Waals surface area contributed by atoms with Crippen molar-refractivity contribution in [1.29, 1.82) is 0 Å². The lowest BCUT2D eigenvalue weighted by Gasteiger charge is -2.19. The first-order valence-electron chi connectivity index (χ1n) is 8.80. The monoisotopic (exact) mass is 371 g/mol. The van der Waals surface area contributed by atoms with Gasteiger partial charge in [-0.1, -0.05) is 36.4 Å². The van der Waals surface area contributed by atoms with Crippen molar-refractivity contribution < 1.29 is 24.2 Å². The first kappa shape index (κ1) is 20.3. The molecule has 2 rings (SSSR count). The summed E-state index contributed by atoms with van der Waals surface area (Å²) >= 11 is 0. The van der Waals surface area contributed by atoms with E-state index in [2.05, 4.69) is 5.32 Å². The summed E-state index contributed by atoms with van der Waals surface area (Å²) in [4.78, 5) is 23.5. The lowest BCUT2D eigenvalue weighted by molar-refractivity contribution is -0.137. The van der Waals surface area contributed by atoms with Crippen molar-refractivity contribution in [3.8, 4) is 11.5 Å². The third kappa shape index (κ3) is 6.33. The number of carboxylic acid groups (broad SMARTS) is 1. The largest absolute Gasteiger partial charge is 0.493 e. The van der Waals surface area contributed by atoms with Gasteiger partial charge in [0.05, 0.1) is 26.7 Å². The topological polar surface area (TPSA) is 84.9 Å². The lowest BCUT2D eigenvalue weighted by atomic mass is 10.0. The van der Waals surface area contributed by atoms with Crippen LogP contribution < -0.4 is 14.8 Å². The van der Waals surface area contributed by atoms with E-state index in [1.807, 2.05) is 30.3 Å². The normalized spacial score (nSPS) is 11.5. The zero-order valence-electron chi connectivity index (χ0n) is 15.6. The van der Waals surface area contributed by atoms with Crippen LogP contribution in [0, 0.1) is 0 Å². The van der Waals surface area contributed by atoms with Gasteiger partial charge in [-0.25, -0.2) is 0 Å². The Morgan fingerprint density at radius 3 is 2.37 bits per heavy atom. The Morgan fingerprint density at radius 2 is 1.74 bits per heavy atom. The number of rotatable bonds is 10. The number of hydrogen-bond acceptors (Lipinski definition) is 4. The van der Waals surface area contributed by atoms with Crippen LogP contribution in [0.2, 0.25) is 0 Å². The molecule has 0 aliphatic rings. The third-order valence-corrected chi connectivity index (χ3v) is 4.24. The van der Waals surface area contributed by atoms with Gasteiger partial charge < -0.3 is 19.9 Å². The Labute approximate surface area is 159 Å². The van der Waals surface area contributed by atoms with Gasteiger partial charge in [-0.15, -0.1) is 0 Å². The number of benzene rings is 2. The van der Waals surface area contributed by atoms with E-state index in [-0.39, 0.29) is 12.3 Å². The number of ether oxygens (including phenoxy) is 2. The smallest absolute Gasteiger partial charge is 0.305 e. The fourth-order valence-electron chi connectivity index (χ4n) is 2.86. The number of hydrogen-bond donors (Lipinski definition) is 2. The molecule has 144 valence electrons. The number of aryl methyl sites for hydroxylation is 1. The van der Waals surface area contributed by atoms with Crippen LogP contribution >= 0.6 is 0 Å². The van der Waals surface area contributed by atoms with Crippen molar-refractivity contribution in [3.63, 3.8) is 0 Å². The molecule has 0 heterocycles. The number of nitrogens with one attached hydrogen (secondary N) is 1. The molecule has 6 nitrogen and oxygen atoms in total. The van der Waals surface area contributed by atoms with Crippen LogP contribution in [0.4, 0.5) is 0 Å². The second kappa shape index (κ2) is 10.2. The number of carboxylic acids is 1. The van der Waals surface area contributed by atoms with Crippen LogP contribution in [-0.2, 0) is 16.0 Å². The zero-order chi connectivity index (χ0) is 19.6. The van der Waals surface area contributed by atoms with E-state index < -0.39 is 12.0 Å². The van der Waals surface area contributed by atoms with E-state index in [1.165, 1.54) is 19.8 Å². The molecule has 0 radical (unpaired) electrons. The Hall–Kier alpha value is -3.02. The highest BCUT2D eigenvalue weighted by Gasteiger charge is 2.19. The summed E-state index contributed by atoms with van der Waals surface area (Å²) < 4.78 is 10.5. The number of methoxy groups -OCH3 is 2. The van der Waals surface area contributed by atoms with Crippen molar-refractivity contribution >= 4 is 11.9 Å². The van der Waals surface area contributed by atoms with Gasteiger partial charge >= 0.3 is 5.97 Å². The van der Waals surface area contributed by atoms with Crippen molar-refractivity contribution in [2.45, 2.75) is 31.7 Å². The third-order valence-electron chi connectivity index (χ3n) is 4.24. The van der Waals surface area contributed by atoms with Crippen LogP contribution in [0.5, 0.6) is 11.5 Å². The average molecular weight is 371 g/mol. The minimum absolute atomic E-state index is 0.174. The van der Waals surface area contributed by atoms with Gasteiger partial charge in [0.25, 0.3) is 0 Å². The van der Waals surface area contributed by atoms with Gasteiger partial charge in [0.2, 0.25) is 5.91 Å². The molecule has 1 unspecified atom stereocenters. The number of aliphatic carboxylic acids is 1. The van der Waals surface area contributed by atoms with E-state index in [0.29, 0.717) is 29.9 Å². The van der Waals surface area contributed by atoms with Crippen LogP contribution in [0.15, 0.2) is 48.5 Å². The molecule has 6 heteroatoms. The summed E-state index contributed by atoms with van der Waals surface area (Å²) in [6.45, 7) is 0. The molecule has 0 aliphatic heterocycles. The molecular formula is C21H25NO5. The molecule has 0 aliphatic carbocycles. The average Bonchev–Trinajstić information content (AvgIpc) is 2.67. The van der Waals surface area contributed by atoms with Crippen molar-refractivity contribution in [2.75, 3.05) is 14.2 Å². The van der Waals surface area contributed by atoms with Gasteiger partial charge in [-0.2, -0.15) is 0 Å². The van der Waals surface area contributed by atoms with Crippen molar-refractivity contribution in [1.82, 2.24) is 5.32 Å². The molecule has 0 spiro atoms. The van der Waals surface area contributed by atoms with E-state index in [0.717, 1.165) is 6.42 Å². The second-order valence-electron chi connectivity index (χ2n) is 6.17. The highest BCUT2D eigenvalue weighted by atomic mass is 16.5. The molecule has 1 atom stereocenters. The number of amides is 1. The SMILES string of the molecule is COc1ccc(C(CC(=O)O)NC(=O)CCCc2ccccc2)cc1OC. The summed E-state index contributed by atoms with van der Waals surface area (Å²) in [7, 11) is 3.04. The van der Waals surface area contributed by atoms with E-state index in [1.54, 1.807) is 18.2 Å². The first-order chi connectivity index (χ1) is 13.0. The molecule has 0 saturated carbocycles. The molecule has 0 fully saturated rings. The Balaban J connectivity index is 2.01. The minimum Gasteiger partial charge on any atom is -0.493 e. The summed E-state index contributed by atoms with van der Waals surface area (Å²) in [6, 6.07) is 14.4. The van der Waals surface area contributed by atoms with E-state index in [4.69, 9.17) is 9.47 Å². The maximum absolute atomic E-state index is 12.3. The summed E-state index contributed by atoms with van der Waals surface area (Å²) in [5.41, 5.74) is 1.83. The first-order valence-corrected chi connectivity index (χ1v) is 8.80. The Morgan fingerprint density at radius 1 is 1.04 bits per heavy atom. The van der Waals surface area contributed by atoms with Crippen LogP contribution in [0.1, 0.15) is 36.4 Å². The molecule has 2 aromatic carbocycles. The molecule has 27 heavy (non-hydrogen) atoms. The predicted molar refractivity (Wildman–Crippen MR) is 102 cm³/mol. The molecule has 0 aromatic heterocycles. The van der Waals surface area contributed by atoms with Crippen LogP contribution in [0.25, 0.3) is 0 Å². The Kier molecular flexibility index (Phi) is 7.67. The van der Waals surface area contributed by atoms with Gasteiger partial charge in [0.15, 0.2) is 11.5 Å². The second-order valence-corrected chi connectivity index (χ2v) is 6.17. The van der Waals surface area contributed by atoms with Crippen LogP contribution in [-0.4, -0.2) is 31.2 Å². The zero-order valence-corrected chi connectivity index (χ0v) is 15.6. The minimum atomic E-state index is -0.987. The molecule has 0 saturated heterocycles. The summed E-state index contributed by atoms with van der Waals surface area (Å²) in [5, 5.41) is 12.0. The quantitative estimate of drug-likeness (QED) is 0.669. The van der Waals surface area contributed by atoms with E-state index in [9.17, 15) is 14.7 Å². The van der Waals surface area contributed by atoms with E-state index >= 15 is 0 Å². The maximum Gasteiger partial charge on any atom is 0.305 e. The Bertz CT molecular complexity index is 760. The lowest BCUT2D eigenvalue weighted by Crippen LogP contribution is -2.30. The van der Waals surface area contributed by atoms with Crippen molar-refractivity contribution in [2.24, 2.45) is 0 Å². The van der Waals surface area contributed by atoms with Gasteiger partial charge in [0, 0.05) is 6.42 Å². The number of carbonyl (C=O) groups is 2. The van der Waals surface area contributed by atoms with Crippen LogP contribution in [0.3, 0.4) is 0 Å². The fraction of sp³-hybridized carbons (Fsp3) is 0.333.